The number of ether oxygens (including phenoxy) is 1. The fourth-order valence-electron chi connectivity index (χ4n) is 2.52. The third kappa shape index (κ3) is 8.15. The molecule has 0 aliphatic heterocycles. The number of hydrogen-bond acceptors (Lipinski definition) is 1. The summed E-state index contributed by atoms with van der Waals surface area (Å²) in [6.07, 6.45) is 3.74. The van der Waals surface area contributed by atoms with Gasteiger partial charge in [0.15, 0.2) is 0 Å². The molecule has 1 atom stereocenters. The molecule has 16 heavy (non-hydrogen) atoms. The fourth-order valence-corrected chi connectivity index (χ4v) is 2.52. The van der Waals surface area contributed by atoms with E-state index in [0.717, 1.165) is 6.61 Å². The highest BCUT2D eigenvalue weighted by molar-refractivity contribution is 4.81. The van der Waals surface area contributed by atoms with Gasteiger partial charge in [-0.15, -0.1) is 0 Å². The average molecular weight is 228 g/mol. The Bertz CT molecular complexity index is 194. The predicted octanol–water partition coefficient (Wildman–Crippen LogP) is 4.90. The highest BCUT2D eigenvalue weighted by atomic mass is 16.5. The Morgan fingerprint density at radius 1 is 0.750 bits per heavy atom. The normalized spacial score (nSPS) is 17.2. The smallest absolute Gasteiger partial charge is 0.0516 e. The highest BCUT2D eigenvalue weighted by Crippen LogP contribution is 2.39. The first kappa shape index (κ1) is 16.0. The molecular formula is C15H32O. The maximum atomic E-state index is 5.42. The molecule has 0 amide bonds. The van der Waals surface area contributed by atoms with Gasteiger partial charge in [0.2, 0.25) is 0 Å². The second-order valence-corrected chi connectivity index (χ2v) is 8.04. The Morgan fingerprint density at radius 2 is 1.25 bits per heavy atom. The highest BCUT2D eigenvalue weighted by Gasteiger charge is 2.31. The van der Waals surface area contributed by atoms with Crippen LogP contribution in [0.15, 0.2) is 0 Å². The zero-order valence-electron chi connectivity index (χ0n) is 12.7. The Hall–Kier alpha value is -0.0400. The second kappa shape index (κ2) is 5.53. The topological polar surface area (TPSA) is 9.23 Å². The molecule has 0 bridgehead atoms. The van der Waals surface area contributed by atoms with E-state index in [1.54, 1.807) is 0 Å². The van der Waals surface area contributed by atoms with Gasteiger partial charge in [-0.25, -0.2) is 0 Å². The van der Waals surface area contributed by atoms with E-state index in [9.17, 15) is 0 Å². The summed E-state index contributed by atoms with van der Waals surface area (Å²) in [4.78, 5) is 0. The SMILES string of the molecule is COC[C@](C)(CCC(C)(C)C)CC(C)(C)C. The fraction of sp³-hybridized carbons (Fsp3) is 1.00. The largest absolute Gasteiger partial charge is 0.384 e. The van der Waals surface area contributed by atoms with Crippen molar-refractivity contribution in [2.45, 2.75) is 67.7 Å². The lowest BCUT2D eigenvalue weighted by Crippen LogP contribution is -2.29. The van der Waals surface area contributed by atoms with E-state index in [1.165, 1.54) is 19.3 Å². The first-order chi connectivity index (χ1) is 6.97. The quantitative estimate of drug-likeness (QED) is 0.650. The molecule has 0 aromatic rings. The molecule has 0 saturated heterocycles. The Balaban J connectivity index is 4.45. The van der Waals surface area contributed by atoms with E-state index < -0.39 is 0 Å². The minimum atomic E-state index is 0.320. The van der Waals surface area contributed by atoms with Crippen LogP contribution in [0.4, 0.5) is 0 Å². The van der Waals surface area contributed by atoms with Crippen molar-refractivity contribution in [2.75, 3.05) is 13.7 Å². The molecule has 0 radical (unpaired) electrons. The number of hydrogen-bond donors (Lipinski definition) is 0. The molecule has 0 unspecified atom stereocenters. The van der Waals surface area contributed by atoms with Gasteiger partial charge in [0, 0.05) is 7.11 Å². The maximum absolute atomic E-state index is 5.42. The summed E-state index contributed by atoms with van der Waals surface area (Å²) in [6.45, 7) is 17.1. The van der Waals surface area contributed by atoms with E-state index in [4.69, 9.17) is 4.74 Å². The van der Waals surface area contributed by atoms with Gasteiger partial charge in [0.1, 0.15) is 0 Å². The van der Waals surface area contributed by atoms with E-state index in [0.29, 0.717) is 16.2 Å². The summed E-state index contributed by atoms with van der Waals surface area (Å²) in [5.41, 5.74) is 1.12. The van der Waals surface area contributed by atoms with Crippen molar-refractivity contribution in [3.8, 4) is 0 Å². The molecule has 1 heteroatoms. The van der Waals surface area contributed by atoms with Crippen LogP contribution in [0.3, 0.4) is 0 Å². The van der Waals surface area contributed by atoms with Crippen LogP contribution in [0.2, 0.25) is 0 Å². The van der Waals surface area contributed by atoms with Crippen LogP contribution < -0.4 is 0 Å². The monoisotopic (exact) mass is 228 g/mol. The van der Waals surface area contributed by atoms with Crippen molar-refractivity contribution in [3.63, 3.8) is 0 Å². The first-order valence-corrected chi connectivity index (χ1v) is 6.46. The van der Waals surface area contributed by atoms with Crippen LogP contribution >= 0.6 is 0 Å². The van der Waals surface area contributed by atoms with Crippen molar-refractivity contribution >= 4 is 0 Å². The van der Waals surface area contributed by atoms with Crippen molar-refractivity contribution in [1.82, 2.24) is 0 Å². The zero-order chi connectivity index (χ0) is 13.0. The van der Waals surface area contributed by atoms with Gasteiger partial charge in [-0.3, -0.25) is 0 Å². The first-order valence-electron chi connectivity index (χ1n) is 6.46. The molecule has 0 rings (SSSR count). The average Bonchev–Trinajstić information content (AvgIpc) is 1.96. The molecule has 0 fully saturated rings. The summed E-state index contributed by atoms with van der Waals surface area (Å²) in [5.74, 6) is 0. The van der Waals surface area contributed by atoms with Crippen LogP contribution in [-0.4, -0.2) is 13.7 Å². The van der Waals surface area contributed by atoms with Crippen molar-refractivity contribution in [2.24, 2.45) is 16.2 Å². The summed E-state index contributed by atoms with van der Waals surface area (Å²) in [6, 6.07) is 0. The molecule has 0 aromatic carbocycles. The van der Waals surface area contributed by atoms with Crippen LogP contribution in [0.5, 0.6) is 0 Å². The van der Waals surface area contributed by atoms with Gasteiger partial charge >= 0.3 is 0 Å². The van der Waals surface area contributed by atoms with Gasteiger partial charge in [0.05, 0.1) is 6.61 Å². The van der Waals surface area contributed by atoms with Gasteiger partial charge in [-0.2, -0.15) is 0 Å². The molecule has 0 heterocycles. The zero-order valence-corrected chi connectivity index (χ0v) is 12.7. The Kier molecular flexibility index (Phi) is 5.52. The standard InChI is InChI=1S/C15H32O/c1-13(2,3)9-10-15(7,12-16-8)11-14(4,5)6/h9-12H2,1-8H3/t15-/m1/s1. The summed E-state index contributed by atoms with van der Waals surface area (Å²) < 4.78 is 5.42. The van der Waals surface area contributed by atoms with Crippen LogP contribution in [0, 0.1) is 16.2 Å². The van der Waals surface area contributed by atoms with E-state index in [1.807, 2.05) is 7.11 Å². The van der Waals surface area contributed by atoms with Crippen LogP contribution in [0.25, 0.3) is 0 Å². The maximum Gasteiger partial charge on any atom is 0.0516 e. The second-order valence-electron chi connectivity index (χ2n) is 8.04. The minimum absolute atomic E-state index is 0.320. The molecule has 0 aliphatic carbocycles. The van der Waals surface area contributed by atoms with E-state index in [-0.39, 0.29) is 0 Å². The third-order valence-electron chi connectivity index (χ3n) is 2.93. The summed E-state index contributed by atoms with van der Waals surface area (Å²) in [5, 5.41) is 0. The predicted molar refractivity (Wildman–Crippen MR) is 72.7 cm³/mol. The molecular weight excluding hydrogens is 196 g/mol. The minimum Gasteiger partial charge on any atom is -0.384 e. The molecule has 1 nitrogen and oxygen atoms in total. The lowest BCUT2D eigenvalue weighted by atomic mass is 9.70. The van der Waals surface area contributed by atoms with Crippen LogP contribution in [0.1, 0.15) is 67.7 Å². The Labute approximate surface area is 103 Å². The Morgan fingerprint density at radius 3 is 1.56 bits per heavy atom. The number of methoxy groups -OCH3 is 1. The lowest BCUT2D eigenvalue weighted by Gasteiger charge is -2.37. The van der Waals surface area contributed by atoms with Crippen molar-refractivity contribution in [1.29, 1.82) is 0 Å². The van der Waals surface area contributed by atoms with E-state index >= 15 is 0 Å². The van der Waals surface area contributed by atoms with Gasteiger partial charge < -0.3 is 4.74 Å². The van der Waals surface area contributed by atoms with Crippen molar-refractivity contribution < 1.29 is 4.74 Å². The molecule has 0 N–H and O–H groups in total. The molecule has 98 valence electrons. The van der Waals surface area contributed by atoms with Gasteiger partial charge in [-0.05, 0) is 35.5 Å². The molecule has 0 aromatic heterocycles. The van der Waals surface area contributed by atoms with Gasteiger partial charge in [-0.1, -0.05) is 48.5 Å². The molecule has 0 saturated carbocycles. The van der Waals surface area contributed by atoms with E-state index in [2.05, 4.69) is 48.5 Å². The summed E-state index contributed by atoms with van der Waals surface area (Å²) in [7, 11) is 1.82. The number of rotatable bonds is 5. The molecule has 0 spiro atoms. The third-order valence-corrected chi connectivity index (χ3v) is 2.93. The van der Waals surface area contributed by atoms with Crippen LogP contribution in [-0.2, 0) is 4.74 Å². The lowest BCUT2D eigenvalue weighted by molar-refractivity contribution is 0.0440. The van der Waals surface area contributed by atoms with Gasteiger partial charge in [0.25, 0.3) is 0 Å². The van der Waals surface area contributed by atoms with Crippen molar-refractivity contribution in [3.05, 3.63) is 0 Å². The molecule has 0 aliphatic rings. The summed E-state index contributed by atoms with van der Waals surface area (Å²) >= 11 is 0.